The Labute approximate surface area is 494 Å². The monoisotopic (exact) mass is 1150 g/mol. The molecule has 11 aromatic rings. The molecule has 0 radical (unpaired) electrons. The molecule has 16 rings (SSSR count). The Morgan fingerprint density at radius 2 is 0.571 bits per heavy atom. The number of aryl methyl sites for hydroxylation is 8. The summed E-state index contributed by atoms with van der Waals surface area (Å²) >= 11 is -4.16. The predicted octanol–water partition coefficient (Wildman–Crippen LogP) is 19.5. The van der Waals surface area contributed by atoms with Crippen molar-refractivity contribution in [1.29, 1.82) is 0 Å². The van der Waals surface area contributed by atoms with E-state index in [4.69, 9.17) is 14.2 Å². The van der Waals surface area contributed by atoms with E-state index in [2.05, 4.69) is 292 Å². The maximum atomic E-state index is 7.89. The summed E-state index contributed by atoms with van der Waals surface area (Å²) in [5.41, 5.74) is 24.6. The van der Waals surface area contributed by atoms with Crippen LogP contribution in [-0.4, -0.2) is 13.3 Å². The molecule has 9 heteroatoms. The van der Waals surface area contributed by atoms with Gasteiger partial charge in [0.15, 0.2) is 0 Å². The van der Waals surface area contributed by atoms with Crippen LogP contribution in [0, 0.1) is 55.4 Å². The van der Waals surface area contributed by atoms with Crippen LogP contribution in [0.4, 0.5) is 85.3 Å². The van der Waals surface area contributed by atoms with E-state index in [9.17, 15) is 0 Å². The fourth-order valence-electron chi connectivity index (χ4n) is 13.6. The Hall–Kier alpha value is -9.64. The van der Waals surface area contributed by atoms with E-state index in [0.29, 0.717) is 0 Å². The van der Waals surface area contributed by atoms with Crippen molar-refractivity contribution in [3.05, 3.63) is 251 Å². The van der Waals surface area contributed by atoms with Gasteiger partial charge in [-0.25, -0.2) is 0 Å². The minimum atomic E-state index is -4.16. The van der Waals surface area contributed by atoms with Crippen LogP contribution in [0.1, 0.15) is 44.5 Å². The van der Waals surface area contributed by atoms with Gasteiger partial charge >= 0.3 is 497 Å². The molecule has 5 heterocycles. The molecule has 0 fully saturated rings. The number of fused-ring (bicyclic) bond motifs is 6. The number of hydrogen-bond acceptors (Lipinski definition) is 8. The molecule has 8 nitrogen and oxygen atoms in total. The molecule has 5 aliphatic rings. The standard InChI is InChI=1S/C75H61GeN5O3/c1-44-10-24-52(25-11-44)77(53-26-12-45(2)13-27-53)58-40-61-69-62(41-58)81-60-37-23-51(8)39-66(60)84-75-64(79(56-32-18-48(5)19-33-56)57-34-20-49(6)21-35-57)43-68-71(73(75)81)76(69,9)70-67(82-68)42-63(74-72(70)80(61)59-36-22-50(7)38-65(59)83-74)78(54-28-14-46(3)15-29-54)55-30-16-47(4)17-31-55/h10-43H,1-9H3. The normalized spacial score (nSPS) is 13.6. The van der Waals surface area contributed by atoms with Crippen LogP contribution < -0.4 is 51.9 Å². The first-order valence-electron chi connectivity index (χ1n) is 29.0. The Balaban J connectivity index is 1.08. The second-order valence-corrected chi connectivity index (χ2v) is 31.7. The van der Waals surface area contributed by atoms with Crippen LogP contribution in [0.5, 0.6) is 34.5 Å². The molecule has 0 aliphatic carbocycles. The third kappa shape index (κ3) is 7.45. The fourth-order valence-corrected chi connectivity index (χ4v) is 23.6. The van der Waals surface area contributed by atoms with Gasteiger partial charge in [0.1, 0.15) is 0 Å². The van der Waals surface area contributed by atoms with Gasteiger partial charge in [0.25, 0.3) is 0 Å². The molecule has 0 aromatic heterocycles. The Bertz CT molecular complexity index is 4190. The fraction of sp³-hybridized carbons (Fsp3) is 0.120. The van der Waals surface area contributed by atoms with E-state index in [1.54, 1.807) is 0 Å². The molecule has 0 amide bonds. The van der Waals surface area contributed by atoms with Gasteiger partial charge in [-0.3, -0.25) is 0 Å². The molecule has 0 bridgehead atoms. The molecule has 0 spiro atoms. The zero-order valence-electron chi connectivity index (χ0n) is 48.6. The Morgan fingerprint density at radius 1 is 0.274 bits per heavy atom. The maximum absolute atomic E-state index is 7.89. The molecular formula is C75H61GeN5O3. The van der Waals surface area contributed by atoms with Crippen molar-refractivity contribution in [3.8, 4) is 34.5 Å². The first-order chi connectivity index (χ1) is 40.8. The number of rotatable bonds is 9. The Kier molecular flexibility index (Phi) is 11.0. The minimum absolute atomic E-state index is 0.785. The van der Waals surface area contributed by atoms with Crippen molar-refractivity contribution in [1.82, 2.24) is 0 Å². The number of ether oxygens (including phenoxy) is 3. The van der Waals surface area contributed by atoms with Gasteiger partial charge in [-0.05, 0) is 0 Å². The van der Waals surface area contributed by atoms with E-state index in [0.717, 1.165) is 131 Å². The summed E-state index contributed by atoms with van der Waals surface area (Å²) < 4.78 is 27.0. The quantitative estimate of drug-likeness (QED) is 0.133. The second kappa shape index (κ2) is 18.4. The van der Waals surface area contributed by atoms with E-state index >= 15 is 0 Å². The van der Waals surface area contributed by atoms with Gasteiger partial charge in [-0.15, -0.1) is 0 Å². The molecule has 84 heavy (non-hydrogen) atoms. The summed E-state index contributed by atoms with van der Waals surface area (Å²) in [6, 6.07) is 76.1. The van der Waals surface area contributed by atoms with Gasteiger partial charge in [0.05, 0.1) is 0 Å². The van der Waals surface area contributed by atoms with Crippen LogP contribution in [0.25, 0.3) is 0 Å². The summed E-state index contributed by atoms with van der Waals surface area (Å²) in [5.74, 6) is 7.43. The average molecular weight is 1150 g/mol. The van der Waals surface area contributed by atoms with E-state index < -0.39 is 13.3 Å². The molecule has 5 aliphatic heterocycles. The third-order valence-corrected chi connectivity index (χ3v) is 27.2. The van der Waals surface area contributed by atoms with Crippen molar-refractivity contribution in [3.63, 3.8) is 0 Å². The summed E-state index contributed by atoms with van der Waals surface area (Å²) in [7, 11) is 0. The third-order valence-electron chi connectivity index (χ3n) is 17.8. The molecule has 0 unspecified atom stereocenters. The van der Waals surface area contributed by atoms with Gasteiger partial charge in [0, 0.05) is 0 Å². The van der Waals surface area contributed by atoms with Crippen LogP contribution in [0.3, 0.4) is 0 Å². The molecule has 11 aromatic carbocycles. The van der Waals surface area contributed by atoms with Gasteiger partial charge in [0.2, 0.25) is 0 Å². The van der Waals surface area contributed by atoms with E-state index in [1.165, 1.54) is 46.6 Å². The number of nitrogens with zero attached hydrogens (tertiary/aromatic N) is 5. The number of hydrogen-bond donors (Lipinski definition) is 0. The summed E-state index contributed by atoms with van der Waals surface area (Å²) in [4.78, 5) is 12.2. The van der Waals surface area contributed by atoms with E-state index in [1.807, 2.05) is 0 Å². The van der Waals surface area contributed by atoms with E-state index in [-0.39, 0.29) is 0 Å². The zero-order chi connectivity index (χ0) is 57.0. The molecule has 0 N–H and O–H groups in total. The number of benzene rings is 11. The summed E-state index contributed by atoms with van der Waals surface area (Å²) in [6.07, 6.45) is 0. The molecule has 0 saturated carbocycles. The second-order valence-electron chi connectivity index (χ2n) is 23.8. The van der Waals surface area contributed by atoms with Gasteiger partial charge in [-0.1, -0.05) is 0 Å². The van der Waals surface area contributed by atoms with Crippen LogP contribution in [0.2, 0.25) is 5.76 Å². The zero-order valence-corrected chi connectivity index (χ0v) is 50.7. The van der Waals surface area contributed by atoms with Crippen molar-refractivity contribution < 1.29 is 14.2 Å². The number of anilines is 15. The van der Waals surface area contributed by atoms with Crippen LogP contribution >= 0.6 is 0 Å². The molecular weight excluding hydrogens is 1090 g/mol. The van der Waals surface area contributed by atoms with Crippen molar-refractivity contribution in [2.75, 3.05) is 24.5 Å². The Morgan fingerprint density at radius 3 is 0.893 bits per heavy atom. The van der Waals surface area contributed by atoms with Crippen LogP contribution in [0.15, 0.2) is 206 Å². The molecule has 0 atom stereocenters. The summed E-state index contributed by atoms with van der Waals surface area (Å²) in [6.45, 7) is 17.2. The first-order valence-corrected chi connectivity index (χ1v) is 34.3. The average Bonchev–Trinajstić information content (AvgIpc) is 1.84. The predicted molar refractivity (Wildman–Crippen MR) is 348 cm³/mol. The van der Waals surface area contributed by atoms with Gasteiger partial charge in [-0.2, -0.15) is 0 Å². The van der Waals surface area contributed by atoms with Crippen molar-refractivity contribution in [2.24, 2.45) is 0 Å². The van der Waals surface area contributed by atoms with Gasteiger partial charge < -0.3 is 0 Å². The van der Waals surface area contributed by atoms with Crippen molar-refractivity contribution in [2.45, 2.75) is 61.1 Å². The van der Waals surface area contributed by atoms with Crippen molar-refractivity contribution >= 4 is 112 Å². The SMILES string of the molecule is Cc1ccc(N(c2ccc(C)cc2)c2cc3[c]4c(c2)N2c5ccc(C)cc5Oc5c(N(c6ccc(C)cc6)c6ccc(C)cc6)cc6[c](c52)[Ge]4([CH3])[c]2c(cc(N(c4ccc(C)cc4)c4ccc(C)cc4)c4c2N3c2ccc(C)cc2O4)O6)cc1. The molecule has 408 valence electrons. The molecule has 0 saturated heterocycles. The first kappa shape index (κ1) is 50.1. The van der Waals surface area contributed by atoms with Crippen LogP contribution in [-0.2, 0) is 0 Å². The topological polar surface area (TPSA) is 43.9 Å². The summed E-state index contributed by atoms with van der Waals surface area (Å²) in [5, 5.41) is 0.